The summed E-state index contributed by atoms with van der Waals surface area (Å²) in [7, 11) is 1.55. The second-order valence-corrected chi connectivity index (χ2v) is 3.56. The van der Waals surface area contributed by atoms with Crippen LogP contribution in [0.2, 0.25) is 0 Å². The highest BCUT2D eigenvalue weighted by Gasteiger charge is 2.23. The Balaban J connectivity index is 2.36. The van der Waals surface area contributed by atoms with Crippen LogP contribution >= 0.6 is 0 Å². The van der Waals surface area contributed by atoms with Crippen LogP contribution in [-0.2, 0) is 9.59 Å². The maximum atomic E-state index is 11.6. The fourth-order valence-electron chi connectivity index (χ4n) is 1.43. The van der Waals surface area contributed by atoms with Gasteiger partial charge in [0.25, 0.3) is 0 Å². The van der Waals surface area contributed by atoms with Crippen molar-refractivity contribution in [1.82, 2.24) is 21.3 Å². The topological polar surface area (TPSA) is 82.3 Å². The Morgan fingerprint density at radius 1 is 1.40 bits per heavy atom. The smallest absolute Gasteiger partial charge is 0.242 e. The Morgan fingerprint density at radius 2 is 2.13 bits per heavy atom. The van der Waals surface area contributed by atoms with E-state index < -0.39 is 6.04 Å². The van der Waals surface area contributed by atoms with Gasteiger partial charge in [0.1, 0.15) is 6.04 Å². The molecule has 1 aliphatic heterocycles. The summed E-state index contributed by atoms with van der Waals surface area (Å²) < 4.78 is 0. The summed E-state index contributed by atoms with van der Waals surface area (Å²) in [6.45, 7) is 3.90. The third-order valence-electron chi connectivity index (χ3n) is 2.36. The predicted octanol–water partition coefficient (Wildman–Crippen LogP) is -2.20. The third-order valence-corrected chi connectivity index (χ3v) is 2.36. The number of rotatable bonds is 3. The minimum atomic E-state index is -0.494. The van der Waals surface area contributed by atoms with E-state index in [0.29, 0.717) is 6.54 Å². The SMILES string of the molecule is CNC(=O)C(C)NC(=O)C1CNCCN1. The predicted molar refractivity (Wildman–Crippen MR) is 56.3 cm³/mol. The second kappa shape index (κ2) is 5.67. The van der Waals surface area contributed by atoms with E-state index in [4.69, 9.17) is 0 Å². The highest BCUT2D eigenvalue weighted by atomic mass is 16.2. The normalized spacial score (nSPS) is 22.9. The number of hydrogen-bond donors (Lipinski definition) is 4. The number of nitrogens with one attached hydrogen (secondary N) is 4. The molecule has 2 atom stereocenters. The number of amides is 2. The lowest BCUT2D eigenvalue weighted by molar-refractivity contribution is -0.129. The van der Waals surface area contributed by atoms with Crippen molar-refractivity contribution in [3.63, 3.8) is 0 Å². The number of likely N-dealkylation sites (N-methyl/N-ethyl adjacent to an activating group) is 1. The van der Waals surface area contributed by atoms with Crippen LogP contribution < -0.4 is 21.3 Å². The lowest BCUT2D eigenvalue weighted by Gasteiger charge is -2.24. The maximum Gasteiger partial charge on any atom is 0.242 e. The molecule has 0 bridgehead atoms. The first kappa shape index (κ1) is 11.9. The van der Waals surface area contributed by atoms with Crippen molar-refractivity contribution >= 4 is 11.8 Å². The van der Waals surface area contributed by atoms with Crippen LogP contribution in [0.5, 0.6) is 0 Å². The average Bonchev–Trinajstić information content (AvgIpc) is 2.29. The van der Waals surface area contributed by atoms with Crippen molar-refractivity contribution in [3.8, 4) is 0 Å². The number of piperazine rings is 1. The molecule has 6 nitrogen and oxygen atoms in total. The fraction of sp³-hybridized carbons (Fsp3) is 0.778. The number of carbonyl (C=O) groups is 2. The summed E-state index contributed by atoms with van der Waals surface area (Å²) in [5.74, 6) is -0.328. The van der Waals surface area contributed by atoms with Gasteiger partial charge in [0.05, 0.1) is 6.04 Å². The minimum Gasteiger partial charge on any atom is -0.357 e. The van der Waals surface area contributed by atoms with Crippen molar-refractivity contribution in [2.75, 3.05) is 26.7 Å². The van der Waals surface area contributed by atoms with E-state index in [1.54, 1.807) is 14.0 Å². The largest absolute Gasteiger partial charge is 0.357 e. The zero-order valence-corrected chi connectivity index (χ0v) is 9.09. The van der Waals surface area contributed by atoms with Crippen molar-refractivity contribution in [1.29, 1.82) is 0 Å². The van der Waals surface area contributed by atoms with Gasteiger partial charge in [0.15, 0.2) is 0 Å². The van der Waals surface area contributed by atoms with E-state index in [-0.39, 0.29) is 17.9 Å². The molecule has 0 saturated carbocycles. The molecular formula is C9H18N4O2. The van der Waals surface area contributed by atoms with Crippen LogP contribution in [0.15, 0.2) is 0 Å². The van der Waals surface area contributed by atoms with Gasteiger partial charge in [-0.25, -0.2) is 0 Å². The molecule has 86 valence electrons. The van der Waals surface area contributed by atoms with E-state index in [0.717, 1.165) is 13.1 Å². The van der Waals surface area contributed by atoms with Crippen molar-refractivity contribution < 1.29 is 9.59 Å². The van der Waals surface area contributed by atoms with Crippen LogP contribution in [-0.4, -0.2) is 50.6 Å². The first-order valence-corrected chi connectivity index (χ1v) is 5.11. The molecule has 1 heterocycles. The third kappa shape index (κ3) is 3.49. The molecule has 1 aliphatic rings. The van der Waals surface area contributed by atoms with Gasteiger partial charge in [-0.05, 0) is 6.92 Å². The molecule has 1 rings (SSSR count). The quantitative estimate of drug-likeness (QED) is 0.430. The summed E-state index contributed by atoms with van der Waals surface area (Å²) in [5.41, 5.74) is 0. The van der Waals surface area contributed by atoms with Gasteiger partial charge in [0, 0.05) is 26.7 Å². The van der Waals surface area contributed by atoms with Crippen LogP contribution in [0.25, 0.3) is 0 Å². The molecule has 15 heavy (non-hydrogen) atoms. The Morgan fingerprint density at radius 3 is 2.67 bits per heavy atom. The Kier molecular flexibility index (Phi) is 4.51. The molecule has 6 heteroatoms. The molecule has 0 aromatic carbocycles. The van der Waals surface area contributed by atoms with Gasteiger partial charge in [-0.2, -0.15) is 0 Å². The van der Waals surface area contributed by atoms with Gasteiger partial charge in [0.2, 0.25) is 11.8 Å². The molecule has 0 radical (unpaired) electrons. The molecule has 1 fully saturated rings. The molecule has 0 aromatic rings. The van der Waals surface area contributed by atoms with Crippen LogP contribution in [0, 0.1) is 0 Å². The van der Waals surface area contributed by atoms with Crippen molar-refractivity contribution in [2.45, 2.75) is 19.0 Å². The molecule has 0 aliphatic carbocycles. The van der Waals surface area contributed by atoms with Gasteiger partial charge in [-0.15, -0.1) is 0 Å². The van der Waals surface area contributed by atoms with E-state index in [1.165, 1.54) is 0 Å². The van der Waals surface area contributed by atoms with Crippen molar-refractivity contribution in [2.24, 2.45) is 0 Å². The van der Waals surface area contributed by atoms with E-state index in [1.807, 2.05) is 0 Å². The summed E-state index contributed by atoms with van der Waals surface area (Å²) in [6, 6.07) is -0.739. The lowest BCUT2D eigenvalue weighted by Crippen LogP contribution is -2.58. The highest BCUT2D eigenvalue weighted by Crippen LogP contribution is 1.90. The monoisotopic (exact) mass is 214 g/mol. The van der Waals surface area contributed by atoms with Gasteiger partial charge < -0.3 is 21.3 Å². The molecule has 4 N–H and O–H groups in total. The van der Waals surface area contributed by atoms with Gasteiger partial charge in [-0.1, -0.05) is 0 Å². The van der Waals surface area contributed by atoms with E-state index >= 15 is 0 Å². The lowest BCUT2D eigenvalue weighted by atomic mass is 10.2. The van der Waals surface area contributed by atoms with Crippen LogP contribution in [0.3, 0.4) is 0 Å². The molecule has 0 aromatic heterocycles. The summed E-state index contributed by atoms with van der Waals surface area (Å²) in [5, 5.41) is 11.3. The molecule has 2 amide bonds. The van der Waals surface area contributed by atoms with Crippen LogP contribution in [0.4, 0.5) is 0 Å². The molecule has 2 unspecified atom stereocenters. The van der Waals surface area contributed by atoms with Crippen molar-refractivity contribution in [3.05, 3.63) is 0 Å². The standard InChI is InChI=1S/C9H18N4O2/c1-6(8(14)10-2)13-9(15)7-5-11-3-4-12-7/h6-7,11-12H,3-5H2,1-2H3,(H,10,14)(H,13,15). The maximum absolute atomic E-state index is 11.6. The Labute approximate surface area is 89.2 Å². The van der Waals surface area contributed by atoms with Crippen LogP contribution in [0.1, 0.15) is 6.92 Å². The molecular weight excluding hydrogens is 196 g/mol. The Bertz CT molecular complexity index is 238. The average molecular weight is 214 g/mol. The van der Waals surface area contributed by atoms with Gasteiger partial charge in [-0.3, -0.25) is 9.59 Å². The second-order valence-electron chi connectivity index (χ2n) is 3.56. The fourth-order valence-corrected chi connectivity index (χ4v) is 1.43. The first-order valence-electron chi connectivity index (χ1n) is 5.11. The minimum absolute atomic E-state index is 0.140. The summed E-state index contributed by atoms with van der Waals surface area (Å²) in [4.78, 5) is 22.8. The van der Waals surface area contributed by atoms with E-state index in [9.17, 15) is 9.59 Å². The highest BCUT2D eigenvalue weighted by molar-refractivity contribution is 5.89. The zero-order valence-electron chi connectivity index (χ0n) is 9.09. The van der Waals surface area contributed by atoms with Gasteiger partial charge >= 0.3 is 0 Å². The molecule has 1 saturated heterocycles. The zero-order chi connectivity index (χ0) is 11.3. The number of hydrogen-bond acceptors (Lipinski definition) is 4. The summed E-state index contributed by atoms with van der Waals surface area (Å²) in [6.07, 6.45) is 0. The first-order chi connectivity index (χ1) is 7.15. The summed E-state index contributed by atoms with van der Waals surface area (Å²) >= 11 is 0. The Hall–Kier alpha value is -1.14. The van der Waals surface area contributed by atoms with E-state index in [2.05, 4.69) is 21.3 Å². The number of carbonyl (C=O) groups excluding carboxylic acids is 2. The molecule has 0 spiro atoms.